The van der Waals surface area contributed by atoms with Crippen molar-refractivity contribution in [2.45, 2.75) is 6.10 Å². The SMILES string of the molecule is COc1ccc(Cl)cc1C(=O)NCC(O)C(=O)O. The molecular weight excluding hydrogens is 262 g/mol. The Hall–Kier alpha value is -1.79. The van der Waals surface area contributed by atoms with Crippen molar-refractivity contribution in [1.82, 2.24) is 5.32 Å². The Bertz CT molecular complexity index is 463. The first kappa shape index (κ1) is 14.3. The molecule has 6 nitrogen and oxygen atoms in total. The third-order valence-electron chi connectivity index (χ3n) is 2.15. The van der Waals surface area contributed by atoms with Crippen LogP contribution in [0.25, 0.3) is 0 Å². The number of aliphatic hydroxyl groups excluding tert-OH is 1. The number of carboxylic acids is 1. The lowest BCUT2D eigenvalue weighted by molar-refractivity contribution is -0.146. The summed E-state index contributed by atoms with van der Waals surface area (Å²) in [5.74, 6) is -1.68. The molecule has 1 amide bonds. The zero-order valence-electron chi connectivity index (χ0n) is 9.51. The number of nitrogens with one attached hydrogen (secondary N) is 1. The first-order valence-corrected chi connectivity index (χ1v) is 5.36. The van der Waals surface area contributed by atoms with Crippen LogP contribution in [0.3, 0.4) is 0 Å². The van der Waals surface area contributed by atoms with Crippen molar-refractivity contribution in [2.24, 2.45) is 0 Å². The summed E-state index contributed by atoms with van der Waals surface area (Å²) in [6.07, 6.45) is -1.65. The van der Waals surface area contributed by atoms with Crippen molar-refractivity contribution in [3.63, 3.8) is 0 Å². The summed E-state index contributed by atoms with van der Waals surface area (Å²) in [5.41, 5.74) is 0.169. The van der Waals surface area contributed by atoms with E-state index >= 15 is 0 Å². The maximum atomic E-state index is 11.7. The molecular formula is C11H12ClNO5. The Balaban J connectivity index is 2.78. The molecule has 18 heavy (non-hydrogen) atoms. The molecule has 1 unspecified atom stereocenters. The van der Waals surface area contributed by atoms with Gasteiger partial charge in [-0.2, -0.15) is 0 Å². The van der Waals surface area contributed by atoms with Gasteiger partial charge >= 0.3 is 5.97 Å². The molecule has 0 aromatic heterocycles. The summed E-state index contributed by atoms with van der Waals surface area (Å²) in [6, 6.07) is 4.47. The summed E-state index contributed by atoms with van der Waals surface area (Å²) in [7, 11) is 1.39. The predicted octanol–water partition coefficient (Wildman–Crippen LogP) is 0.524. The van der Waals surface area contributed by atoms with Gasteiger partial charge in [0.05, 0.1) is 19.2 Å². The lowest BCUT2D eigenvalue weighted by Gasteiger charge is -2.10. The van der Waals surface area contributed by atoms with Gasteiger partial charge in [0.1, 0.15) is 5.75 Å². The number of hydrogen-bond acceptors (Lipinski definition) is 4. The topological polar surface area (TPSA) is 95.9 Å². The number of carboxylic acid groups (broad SMARTS) is 1. The molecule has 0 bridgehead atoms. The summed E-state index contributed by atoms with van der Waals surface area (Å²) >= 11 is 5.75. The highest BCUT2D eigenvalue weighted by molar-refractivity contribution is 6.31. The lowest BCUT2D eigenvalue weighted by atomic mass is 10.2. The molecule has 0 aliphatic rings. The van der Waals surface area contributed by atoms with Crippen LogP contribution in [0.1, 0.15) is 10.4 Å². The van der Waals surface area contributed by atoms with Gasteiger partial charge < -0.3 is 20.3 Å². The van der Waals surface area contributed by atoms with E-state index in [4.69, 9.17) is 26.6 Å². The fraction of sp³-hybridized carbons (Fsp3) is 0.273. The monoisotopic (exact) mass is 273 g/mol. The van der Waals surface area contributed by atoms with Gasteiger partial charge in [-0.3, -0.25) is 4.79 Å². The van der Waals surface area contributed by atoms with Crippen LogP contribution < -0.4 is 10.1 Å². The molecule has 1 aromatic carbocycles. The molecule has 3 N–H and O–H groups in total. The molecule has 0 aliphatic heterocycles. The number of amides is 1. The van der Waals surface area contributed by atoms with Crippen molar-refractivity contribution in [1.29, 1.82) is 0 Å². The minimum Gasteiger partial charge on any atom is -0.496 e. The second-order valence-corrected chi connectivity index (χ2v) is 3.85. The summed E-state index contributed by atoms with van der Waals surface area (Å²) in [6.45, 7) is -0.399. The fourth-order valence-corrected chi connectivity index (χ4v) is 1.40. The van der Waals surface area contributed by atoms with Crippen LogP contribution >= 0.6 is 11.6 Å². The molecule has 1 rings (SSSR count). The highest BCUT2D eigenvalue weighted by Gasteiger charge is 2.17. The van der Waals surface area contributed by atoms with E-state index in [1.165, 1.54) is 19.2 Å². The fourth-order valence-electron chi connectivity index (χ4n) is 1.23. The van der Waals surface area contributed by atoms with Gasteiger partial charge in [0.2, 0.25) is 0 Å². The van der Waals surface area contributed by atoms with Crippen molar-refractivity contribution in [3.8, 4) is 5.75 Å². The Morgan fingerprint density at radius 3 is 2.72 bits per heavy atom. The standard InChI is InChI=1S/C11H12ClNO5/c1-18-9-3-2-6(12)4-7(9)10(15)13-5-8(14)11(16)17/h2-4,8,14H,5H2,1H3,(H,13,15)(H,16,17). The molecule has 0 radical (unpaired) electrons. The van der Waals surface area contributed by atoms with Crippen molar-refractivity contribution in [3.05, 3.63) is 28.8 Å². The molecule has 0 heterocycles. The first-order chi connectivity index (χ1) is 8.45. The van der Waals surface area contributed by atoms with E-state index in [2.05, 4.69) is 5.32 Å². The van der Waals surface area contributed by atoms with E-state index < -0.39 is 24.5 Å². The molecule has 1 aromatic rings. The number of carbonyl (C=O) groups excluding carboxylic acids is 1. The number of rotatable bonds is 5. The number of ether oxygens (including phenoxy) is 1. The van der Waals surface area contributed by atoms with Gasteiger partial charge in [0.15, 0.2) is 6.10 Å². The van der Waals surface area contributed by atoms with Gasteiger partial charge in [0, 0.05) is 5.02 Å². The van der Waals surface area contributed by atoms with Crippen LogP contribution in [0.5, 0.6) is 5.75 Å². The number of aliphatic hydroxyl groups is 1. The van der Waals surface area contributed by atoms with E-state index in [1.807, 2.05) is 0 Å². The van der Waals surface area contributed by atoms with Crippen molar-refractivity contribution < 1.29 is 24.5 Å². The molecule has 0 saturated carbocycles. The zero-order chi connectivity index (χ0) is 13.7. The van der Waals surface area contributed by atoms with E-state index in [0.29, 0.717) is 10.8 Å². The van der Waals surface area contributed by atoms with Crippen molar-refractivity contribution in [2.75, 3.05) is 13.7 Å². The largest absolute Gasteiger partial charge is 0.496 e. The molecule has 0 fully saturated rings. The zero-order valence-corrected chi connectivity index (χ0v) is 10.3. The summed E-state index contributed by atoms with van der Waals surface area (Å²) in [4.78, 5) is 22.1. The maximum absolute atomic E-state index is 11.7. The van der Waals surface area contributed by atoms with Crippen LogP contribution in [0, 0.1) is 0 Å². The normalized spacial score (nSPS) is 11.7. The third-order valence-corrected chi connectivity index (χ3v) is 2.38. The number of benzene rings is 1. The average Bonchev–Trinajstić information content (AvgIpc) is 2.35. The maximum Gasteiger partial charge on any atom is 0.334 e. The Kier molecular flexibility index (Phi) is 4.94. The van der Waals surface area contributed by atoms with E-state index in [-0.39, 0.29) is 5.56 Å². The quantitative estimate of drug-likeness (QED) is 0.727. The van der Waals surface area contributed by atoms with E-state index in [0.717, 1.165) is 0 Å². The van der Waals surface area contributed by atoms with Crippen LogP contribution in [0.4, 0.5) is 0 Å². The molecule has 7 heteroatoms. The molecule has 0 saturated heterocycles. The number of carbonyl (C=O) groups is 2. The summed E-state index contributed by atoms with van der Waals surface area (Å²) < 4.78 is 4.98. The Labute approximate surface area is 108 Å². The number of hydrogen-bond donors (Lipinski definition) is 3. The first-order valence-electron chi connectivity index (χ1n) is 4.98. The lowest BCUT2D eigenvalue weighted by Crippen LogP contribution is -2.36. The number of aliphatic carboxylic acids is 1. The number of methoxy groups -OCH3 is 1. The van der Waals surface area contributed by atoms with E-state index in [1.54, 1.807) is 6.07 Å². The highest BCUT2D eigenvalue weighted by atomic mass is 35.5. The van der Waals surface area contributed by atoms with Gasteiger partial charge in [-0.25, -0.2) is 4.79 Å². The smallest absolute Gasteiger partial charge is 0.334 e. The average molecular weight is 274 g/mol. The van der Waals surface area contributed by atoms with E-state index in [9.17, 15) is 9.59 Å². The van der Waals surface area contributed by atoms with Gasteiger partial charge in [-0.05, 0) is 18.2 Å². The highest BCUT2D eigenvalue weighted by Crippen LogP contribution is 2.22. The molecule has 0 spiro atoms. The molecule has 98 valence electrons. The molecule has 1 atom stereocenters. The number of halogens is 1. The molecule has 0 aliphatic carbocycles. The van der Waals surface area contributed by atoms with Crippen LogP contribution in [0.15, 0.2) is 18.2 Å². The third kappa shape index (κ3) is 3.61. The van der Waals surface area contributed by atoms with Crippen LogP contribution in [-0.2, 0) is 4.79 Å². The predicted molar refractivity (Wildman–Crippen MR) is 64.0 cm³/mol. The second kappa shape index (κ2) is 6.23. The minimum absolute atomic E-state index is 0.169. The Morgan fingerprint density at radius 1 is 1.50 bits per heavy atom. The Morgan fingerprint density at radius 2 is 2.17 bits per heavy atom. The van der Waals surface area contributed by atoms with Crippen molar-refractivity contribution >= 4 is 23.5 Å². The van der Waals surface area contributed by atoms with Crippen LogP contribution in [0.2, 0.25) is 5.02 Å². The van der Waals surface area contributed by atoms with Gasteiger partial charge in [-0.1, -0.05) is 11.6 Å². The summed E-state index contributed by atoms with van der Waals surface area (Å²) in [5, 5.41) is 20.1. The second-order valence-electron chi connectivity index (χ2n) is 3.41. The van der Waals surface area contributed by atoms with Gasteiger partial charge in [-0.15, -0.1) is 0 Å². The minimum atomic E-state index is -1.65. The van der Waals surface area contributed by atoms with Crippen LogP contribution in [-0.4, -0.2) is 41.8 Å². The van der Waals surface area contributed by atoms with Gasteiger partial charge in [0.25, 0.3) is 5.91 Å².